The summed E-state index contributed by atoms with van der Waals surface area (Å²) >= 11 is 0. The SMILES string of the molecule is C=O.CC(C)CCCCCCCOP(OCCCCCCCC(C)C)OCCCCCCCC(C)C.CC(C)CCCCCCCOP(OCCCCCCCC(C)C)OCCCCCCCC(C)C.CC(C)CCCCCCCOP(OCCCCCCCC(C)C)OCCCCCCCC(C)C.[Ni]. The van der Waals surface area contributed by atoms with Gasteiger partial charge in [0.15, 0.2) is 0 Å². The summed E-state index contributed by atoms with van der Waals surface area (Å²) in [5.41, 5.74) is 0. The zero-order valence-corrected chi connectivity index (χ0v) is 77.9. The molecule has 0 aliphatic rings. The maximum Gasteiger partial charge on any atom is 0.332 e. The van der Waals surface area contributed by atoms with Crippen LogP contribution in [0.25, 0.3) is 0 Å². The van der Waals surface area contributed by atoms with Crippen molar-refractivity contribution < 1.29 is 62.0 Å². The second-order valence-corrected chi connectivity index (χ2v) is 38.4. The van der Waals surface area contributed by atoms with Gasteiger partial charge in [-0.15, -0.1) is 0 Å². The topological polar surface area (TPSA) is 100 Å². The smallest absolute Gasteiger partial charge is 0.312 e. The summed E-state index contributed by atoms with van der Waals surface area (Å²) in [5, 5.41) is 0. The molecule has 14 heteroatoms. The first-order chi connectivity index (χ1) is 50.2. The zero-order chi connectivity index (χ0) is 77.8. The third kappa shape index (κ3) is 111. The van der Waals surface area contributed by atoms with E-state index in [1.165, 1.54) is 289 Å². The summed E-state index contributed by atoms with van der Waals surface area (Å²) in [4.78, 5) is 8.00. The minimum Gasteiger partial charge on any atom is -0.312 e. The van der Waals surface area contributed by atoms with Crippen molar-refractivity contribution >= 4 is 32.6 Å². The van der Waals surface area contributed by atoms with E-state index in [9.17, 15) is 0 Å². The summed E-state index contributed by atoms with van der Waals surface area (Å²) in [7, 11) is -3.51. The molecule has 0 saturated carbocycles. The van der Waals surface area contributed by atoms with Gasteiger partial charge in [0.1, 0.15) is 6.79 Å². The number of rotatable bonds is 81. The molecule has 0 fully saturated rings. The molecule has 105 heavy (non-hydrogen) atoms. The second-order valence-electron chi connectivity index (χ2n) is 34.7. The van der Waals surface area contributed by atoms with Crippen LogP contribution in [0.4, 0.5) is 0 Å². The molecular weight excluding hydrogens is 1400 g/mol. The van der Waals surface area contributed by atoms with Crippen molar-refractivity contribution in [1.29, 1.82) is 0 Å². The summed E-state index contributed by atoms with van der Waals surface area (Å²) in [6.07, 6.45) is 70.1. The van der Waals surface area contributed by atoms with E-state index in [0.29, 0.717) is 0 Å². The van der Waals surface area contributed by atoms with Crippen molar-refractivity contribution in [3.05, 3.63) is 0 Å². The molecule has 0 aliphatic heterocycles. The Labute approximate surface area is 674 Å². The summed E-state index contributed by atoms with van der Waals surface area (Å²) in [6.45, 7) is 50.7. The molecule has 0 N–H and O–H groups in total. The first kappa shape index (κ1) is 115. The molecule has 0 radical (unpaired) electrons. The van der Waals surface area contributed by atoms with E-state index in [-0.39, 0.29) is 16.5 Å². The van der Waals surface area contributed by atoms with Crippen molar-refractivity contribution in [1.82, 2.24) is 0 Å². The van der Waals surface area contributed by atoms with Gasteiger partial charge in [-0.25, -0.2) is 0 Å². The average Bonchev–Trinajstić information content (AvgIpc) is 1.36. The largest absolute Gasteiger partial charge is 0.332 e. The number of unbranched alkanes of at least 4 members (excludes halogenated alkanes) is 36. The molecular formula is C91H191NiO10P3. The molecule has 640 valence electrons. The molecule has 0 unspecified atom stereocenters. The van der Waals surface area contributed by atoms with Crippen molar-refractivity contribution in [3.63, 3.8) is 0 Å². The fourth-order valence-corrected chi connectivity index (χ4v) is 15.4. The molecule has 0 rings (SSSR count). The fourth-order valence-electron chi connectivity index (χ4n) is 12.3. The molecule has 0 aromatic rings. The minimum atomic E-state index is -1.17. The molecule has 0 bridgehead atoms. The van der Waals surface area contributed by atoms with E-state index in [4.69, 9.17) is 45.5 Å². The van der Waals surface area contributed by atoms with Crippen LogP contribution in [0.3, 0.4) is 0 Å². The summed E-state index contributed by atoms with van der Waals surface area (Å²) in [6, 6.07) is 0. The van der Waals surface area contributed by atoms with Crippen LogP contribution in [0.2, 0.25) is 0 Å². The predicted molar refractivity (Wildman–Crippen MR) is 464 cm³/mol. The van der Waals surface area contributed by atoms with Crippen LogP contribution in [0.1, 0.15) is 471 Å². The second kappa shape index (κ2) is 95.7. The minimum absolute atomic E-state index is 0. The summed E-state index contributed by atoms with van der Waals surface area (Å²) < 4.78 is 54.5. The monoisotopic (exact) mass is 1600 g/mol. The number of carbonyl (C=O) groups excluding carboxylic acids is 1. The Bertz CT molecular complexity index is 1190. The first-order valence-corrected chi connectivity index (χ1v) is 48.9. The number of hydrogen-bond acceptors (Lipinski definition) is 10. The van der Waals surface area contributed by atoms with Crippen LogP contribution in [-0.4, -0.2) is 66.3 Å². The van der Waals surface area contributed by atoms with E-state index in [2.05, 4.69) is 125 Å². The number of hydrogen-bond donors (Lipinski definition) is 0. The van der Waals surface area contributed by atoms with Crippen molar-refractivity contribution in [2.24, 2.45) is 53.3 Å². The number of carbonyl (C=O) groups is 1. The van der Waals surface area contributed by atoms with Gasteiger partial charge in [0, 0.05) is 16.5 Å². The van der Waals surface area contributed by atoms with Crippen molar-refractivity contribution in [2.45, 2.75) is 471 Å². The fraction of sp³-hybridized carbons (Fsp3) is 0.989. The Morgan fingerprint density at radius 3 is 0.314 bits per heavy atom. The van der Waals surface area contributed by atoms with Gasteiger partial charge in [0.25, 0.3) is 0 Å². The molecule has 0 heterocycles. The standard InChI is InChI=1S/3C30H63O3P.CH2O.Ni/c3*1-28(2)22-16-10-7-13-19-25-31-34(32-26-20-14-8-11-17-23-29(3)4)33-27-21-15-9-12-18-24-30(5)6;1-2;/h3*28-30H,7-27H2,1-6H3;1H2;. The molecule has 0 aliphatic carbocycles. The van der Waals surface area contributed by atoms with Crippen LogP contribution in [0.15, 0.2) is 0 Å². The zero-order valence-electron chi connectivity index (χ0n) is 74.2. The van der Waals surface area contributed by atoms with Gasteiger partial charge in [0.05, 0.1) is 59.5 Å². The van der Waals surface area contributed by atoms with Gasteiger partial charge in [0.2, 0.25) is 0 Å². The molecule has 0 spiro atoms. The van der Waals surface area contributed by atoms with Crippen LogP contribution >= 0.6 is 25.8 Å². The van der Waals surface area contributed by atoms with Crippen LogP contribution in [0, 0.1) is 53.3 Å². The van der Waals surface area contributed by atoms with E-state index < -0.39 is 25.8 Å². The van der Waals surface area contributed by atoms with Crippen LogP contribution < -0.4 is 0 Å². The summed E-state index contributed by atoms with van der Waals surface area (Å²) in [5.74, 6) is 7.51. The Kier molecular flexibility index (Phi) is 104. The normalized spacial score (nSPS) is 11.9. The van der Waals surface area contributed by atoms with E-state index in [1.807, 2.05) is 6.79 Å². The van der Waals surface area contributed by atoms with Crippen molar-refractivity contribution in [2.75, 3.05) is 59.5 Å². The first-order valence-electron chi connectivity index (χ1n) is 45.6. The van der Waals surface area contributed by atoms with E-state index in [1.54, 1.807) is 0 Å². The average molecular weight is 1600 g/mol. The van der Waals surface area contributed by atoms with E-state index in [0.717, 1.165) is 171 Å². The molecule has 0 atom stereocenters. The van der Waals surface area contributed by atoms with Gasteiger partial charge < -0.3 is 45.5 Å². The van der Waals surface area contributed by atoms with Crippen LogP contribution in [-0.2, 0) is 62.0 Å². The maximum absolute atomic E-state index is 8.00. The Hall–Kier alpha value is 1.09. The Balaban J connectivity index is -0.000000468. The Morgan fingerprint density at radius 1 is 0.152 bits per heavy atom. The van der Waals surface area contributed by atoms with Gasteiger partial charge in [-0.3, -0.25) is 0 Å². The molecule has 0 aromatic carbocycles. The van der Waals surface area contributed by atoms with E-state index >= 15 is 0 Å². The molecule has 0 aromatic heterocycles. The van der Waals surface area contributed by atoms with Gasteiger partial charge in [-0.05, 0) is 111 Å². The maximum atomic E-state index is 8.00. The van der Waals surface area contributed by atoms with Crippen molar-refractivity contribution in [3.8, 4) is 0 Å². The predicted octanol–water partition coefficient (Wildman–Crippen LogP) is 33.6. The molecule has 10 nitrogen and oxygen atoms in total. The van der Waals surface area contributed by atoms with Gasteiger partial charge in [-0.2, -0.15) is 0 Å². The third-order valence-corrected chi connectivity index (χ3v) is 22.6. The molecule has 0 amide bonds. The van der Waals surface area contributed by atoms with Crippen LogP contribution in [0.5, 0.6) is 0 Å². The van der Waals surface area contributed by atoms with Gasteiger partial charge >= 0.3 is 25.8 Å². The quantitative estimate of drug-likeness (QED) is 0.0332. The molecule has 0 saturated heterocycles. The van der Waals surface area contributed by atoms with Gasteiger partial charge in [-0.1, -0.05) is 414 Å². The Morgan fingerprint density at radius 2 is 0.229 bits per heavy atom. The third-order valence-electron chi connectivity index (χ3n) is 19.1.